The number of furan rings is 5. The fourth-order valence-corrected chi connectivity index (χ4v) is 11.7. The van der Waals surface area contributed by atoms with Gasteiger partial charge in [0, 0.05) is 52.9 Å². The lowest BCUT2D eigenvalue weighted by atomic mass is 10.1. The van der Waals surface area contributed by atoms with Crippen molar-refractivity contribution >= 4 is 103 Å². The van der Waals surface area contributed by atoms with Crippen molar-refractivity contribution in [1.82, 2.24) is 0 Å². The van der Waals surface area contributed by atoms with Crippen molar-refractivity contribution in [3.63, 3.8) is 0 Å². The van der Waals surface area contributed by atoms with Gasteiger partial charge in [-0.15, -0.1) is 0 Å². The number of fused-ring (bicyclic) bond motifs is 2. The monoisotopic (exact) mass is 1670 g/mol. The molecule has 0 atom stereocenters. The molecule has 35 heteroatoms. The van der Waals surface area contributed by atoms with E-state index in [2.05, 4.69) is 29.8 Å². The average Bonchev–Trinajstić information content (AvgIpc) is 1.74. The Kier molecular flexibility index (Phi) is 55.3. The van der Waals surface area contributed by atoms with Crippen LogP contribution < -0.4 is 0 Å². The van der Waals surface area contributed by atoms with Crippen LogP contribution in [0, 0.1) is 0 Å². The van der Waals surface area contributed by atoms with Crippen LogP contribution in [0.15, 0.2) is 149 Å². The molecule has 7 aromatic rings. The predicted octanol–water partition coefficient (Wildman–Crippen LogP) is 16.3. The quantitative estimate of drug-likeness (QED) is 0.0105. The van der Waals surface area contributed by atoms with E-state index in [1.165, 1.54) is 18.6 Å². The number of carboxylic acids is 1. The molecular weight excluding hydrogens is 1570 g/mol. The fourth-order valence-electron chi connectivity index (χ4n) is 8.86. The number of carbonyl (C=O) groups is 6. The van der Waals surface area contributed by atoms with Crippen LogP contribution in [0.4, 0.5) is 4.79 Å². The van der Waals surface area contributed by atoms with Crippen LogP contribution >= 0.6 is 32.1 Å². The smallest absolute Gasteiger partial charge is 0.508 e. The summed E-state index contributed by atoms with van der Waals surface area (Å²) in [5.74, 6) is -0.396. The van der Waals surface area contributed by atoms with Crippen LogP contribution in [0.5, 0.6) is 0 Å². The van der Waals surface area contributed by atoms with E-state index in [9.17, 15) is 33.3 Å². The number of rotatable bonds is 31. The second-order valence-electron chi connectivity index (χ2n) is 21.4. The summed E-state index contributed by atoms with van der Waals surface area (Å²) in [6.07, 6.45) is 12.7. The normalized spacial score (nSPS) is 14.2. The van der Waals surface area contributed by atoms with Crippen LogP contribution in [-0.4, -0.2) is 202 Å². The van der Waals surface area contributed by atoms with Crippen LogP contribution in [0.1, 0.15) is 138 Å². The number of hydrogen-bond donors (Lipinski definition) is 1. The van der Waals surface area contributed by atoms with E-state index in [-0.39, 0.29) is 54.1 Å². The molecule has 9 heterocycles. The molecular formula is C76H106BrO32P2-. The van der Waals surface area contributed by atoms with Gasteiger partial charge in [0.15, 0.2) is 37.2 Å². The molecule has 0 saturated carbocycles. The van der Waals surface area contributed by atoms with E-state index in [4.69, 9.17) is 97.5 Å². The van der Waals surface area contributed by atoms with Gasteiger partial charge in [-0.1, -0.05) is 28.1 Å². The van der Waals surface area contributed by atoms with Gasteiger partial charge in [-0.05, 0) is 154 Å². The molecule has 620 valence electrons. The van der Waals surface area contributed by atoms with E-state index in [1.807, 2.05) is 32.9 Å². The first-order chi connectivity index (χ1) is 53.4. The Labute approximate surface area is 656 Å². The molecule has 0 amide bonds. The number of carboxylic acid groups (broad SMARTS) is 1. The molecule has 11 rings (SSSR count). The Hall–Kier alpha value is -7.76. The van der Waals surface area contributed by atoms with Crippen LogP contribution in [0.25, 0.3) is 34.1 Å². The van der Waals surface area contributed by atoms with Gasteiger partial charge in [0.25, 0.3) is 0 Å². The zero-order chi connectivity index (χ0) is 80.4. The molecule has 0 bridgehead atoms. The van der Waals surface area contributed by atoms with E-state index in [0.717, 1.165) is 35.7 Å². The Balaban J connectivity index is 0.000000430. The summed E-state index contributed by atoms with van der Waals surface area (Å²) in [4.78, 5) is 65.5. The number of benzene rings is 2. The molecule has 2 N–H and O–H groups in total. The highest BCUT2D eigenvalue weighted by Gasteiger charge is 2.28. The molecule has 4 saturated heterocycles. The van der Waals surface area contributed by atoms with Crippen molar-refractivity contribution in [1.29, 1.82) is 0 Å². The van der Waals surface area contributed by atoms with Crippen LogP contribution in [-0.2, 0) is 98.4 Å². The van der Waals surface area contributed by atoms with Gasteiger partial charge in [-0.25, -0.2) is 24.0 Å². The molecule has 2 aromatic carbocycles. The summed E-state index contributed by atoms with van der Waals surface area (Å²) in [6, 6.07) is 24.0. The Bertz CT molecular complexity index is 3530. The van der Waals surface area contributed by atoms with Crippen molar-refractivity contribution in [2.75, 3.05) is 130 Å². The first-order valence-corrected chi connectivity index (χ1v) is 39.8. The molecule has 111 heavy (non-hydrogen) atoms. The van der Waals surface area contributed by atoms with Gasteiger partial charge in [0.1, 0.15) is 22.7 Å². The highest BCUT2D eigenvalue weighted by Crippen LogP contribution is 2.49. The standard InChI is InChI=1S/2C13H16O5.C11H10O3.C9H19O5P.C9H6O3.C6H15O3P.C5H9BrO2.C5H10O3.C5H4O2.H2O/c2*1-2-15-13(14)10(8-11-4-3-5-16-11)9-12-17-6-7-18-12;1-2-13-11(12)9-4-3-8-5-6-14-10(8)7-9;1-3-13-15(10,14-4-2)8-5-9-11-6-7-12-9;10-9(11)7-2-1-6-3-4-12-8(6)5-7;1-4-7-10(8-5-2)9-6-3;6-2-1-5-7-3-4-8-5;1-3-7-5(6)8-4-2;6-4-5-2-1-3-7-5;/h2*3-5,8,12H,2,6-7,9H2,1H3;3-7H,2H2,1H3;9H,3-8H2,1-2H3;1-5H,(H,10,11);4-6H2,1-3H3;5H,1-4H2;3-4H2,1-2H3;1-4H;1H2/p-1. The molecule has 32 nitrogen and oxygen atoms in total. The van der Waals surface area contributed by atoms with Crippen LogP contribution in [0.3, 0.4) is 0 Å². The van der Waals surface area contributed by atoms with E-state index < -0.39 is 28.3 Å². The summed E-state index contributed by atoms with van der Waals surface area (Å²) in [5, 5.41) is 11.5. The van der Waals surface area contributed by atoms with Gasteiger partial charge in [0.2, 0.25) is 0 Å². The van der Waals surface area contributed by atoms with Crippen molar-refractivity contribution in [2.24, 2.45) is 0 Å². The van der Waals surface area contributed by atoms with Crippen molar-refractivity contribution in [3.05, 3.63) is 156 Å². The first kappa shape index (κ1) is 99.3. The van der Waals surface area contributed by atoms with Gasteiger partial charge >= 0.3 is 46.2 Å². The van der Waals surface area contributed by atoms with Crippen LogP contribution in [0.2, 0.25) is 0 Å². The van der Waals surface area contributed by atoms with Gasteiger partial charge in [0.05, 0.1) is 168 Å². The summed E-state index contributed by atoms with van der Waals surface area (Å²) in [7, 11) is -3.99. The average molecular weight is 1670 g/mol. The number of ether oxygens (including phenoxy) is 13. The SMILES string of the molecule is BrCCC1OCCO1.CCOC(=O)C(=Cc1ccco1)CC1OCCO1.CCOC(=O)C(=Cc1ccco1)CC1OCCO1.CCOC(=O)OCC.CCOC(=O)c1ccc2ccoc2c1.CCOP(=O)(CCC1OCCO1)OCC.CCOP(OCC)OCC.O=C(O)c1ccc2ccoc2c1.O=Cc1ccco1.[OH-]. The second-order valence-corrected chi connectivity index (χ2v) is 25.6. The summed E-state index contributed by atoms with van der Waals surface area (Å²) >= 11 is 3.30. The predicted molar refractivity (Wildman–Crippen MR) is 409 cm³/mol. The number of hydrogen-bond acceptors (Lipinski definition) is 31. The van der Waals surface area contributed by atoms with Gasteiger partial charge in [-0.3, -0.25) is 9.36 Å². The first-order valence-electron chi connectivity index (χ1n) is 35.9. The third kappa shape index (κ3) is 43.2. The molecule has 0 aliphatic carbocycles. The molecule has 4 fully saturated rings. The Morgan fingerprint density at radius 1 is 0.459 bits per heavy atom. The number of esters is 3. The largest absolute Gasteiger partial charge is 0.870 e. The Morgan fingerprint density at radius 3 is 1.18 bits per heavy atom. The molecule has 0 unspecified atom stereocenters. The maximum Gasteiger partial charge on any atom is 0.508 e. The summed E-state index contributed by atoms with van der Waals surface area (Å²) in [6.45, 7) is 27.6. The minimum Gasteiger partial charge on any atom is -0.870 e. The van der Waals surface area contributed by atoms with E-state index >= 15 is 0 Å². The van der Waals surface area contributed by atoms with E-state index in [1.54, 1.807) is 146 Å². The zero-order valence-electron chi connectivity index (χ0n) is 64.4. The maximum atomic E-state index is 12.0. The summed E-state index contributed by atoms with van der Waals surface area (Å²) in [5.41, 5.74) is 3.05. The van der Waals surface area contributed by atoms with Crippen molar-refractivity contribution in [3.8, 4) is 0 Å². The number of halogens is 1. The Morgan fingerprint density at radius 2 is 0.838 bits per heavy atom. The molecule has 4 aliphatic rings. The molecule has 0 radical (unpaired) electrons. The molecule has 5 aromatic heterocycles. The third-order valence-electron chi connectivity index (χ3n) is 13.5. The van der Waals surface area contributed by atoms with Crippen molar-refractivity contribution in [2.45, 2.75) is 120 Å². The van der Waals surface area contributed by atoms with Crippen molar-refractivity contribution < 1.29 is 150 Å². The number of alkyl halides is 1. The topological polar surface area (TPSA) is 402 Å². The summed E-state index contributed by atoms with van der Waals surface area (Å²) < 4.78 is 129. The molecule has 0 spiro atoms. The minimum absolute atomic E-state index is 0. The number of aldehydes is 1. The second kappa shape index (κ2) is 61.8. The lowest BCUT2D eigenvalue weighted by molar-refractivity contribution is -0.140. The number of carbonyl (C=O) groups excluding carboxylic acids is 5. The lowest BCUT2D eigenvalue weighted by Crippen LogP contribution is -2.15. The highest BCUT2D eigenvalue weighted by molar-refractivity contribution is 9.09. The van der Waals surface area contributed by atoms with E-state index in [0.29, 0.717) is 183 Å². The highest BCUT2D eigenvalue weighted by atomic mass is 79.9. The lowest BCUT2D eigenvalue weighted by Gasteiger charge is -2.18. The van der Waals surface area contributed by atoms with Gasteiger partial charge in [-0.2, -0.15) is 0 Å². The third-order valence-corrected chi connectivity index (χ3v) is 17.5. The number of aromatic carboxylic acids is 1. The molecule has 4 aliphatic heterocycles. The van der Waals surface area contributed by atoms with Gasteiger partial charge < -0.3 is 117 Å². The fraction of sp³-hybridized carbons (Fsp3) is 0.500. The maximum absolute atomic E-state index is 12.0. The zero-order valence-corrected chi connectivity index (χ0v) is 67.8. The minimum atomic E-state index is -2.93.